The van der Waals surface area contributed by atoms with Crippen LogP contribution in [0.3, 0.4) is 0 Å². The normalized spacial score (nSPS) is 25.2. The summed E-state index contributed by atoms with van der Waals surface area (Å²) in [6.07, 6.45) is 5.47. The monoisotopic (exact) mass is 367 g/mol. The summed E-state index contributed by atoms with van der Waals surface area (Å²) in [7, 11) is 0. The second kappa shape index (κ2) is 6.83. The summed E-state index contributed by atoms with van der Waals surface area (Å²) >= 11 is 0. The van der Waals surface area contributed by atoms with E-state index in [4.69, 9.17) is 0 Å². The molecular formula is C21H22FN3O2. The predicted octanol–water partition coefficient (Wildman–Crippen LogP) is 3.79. The van der Waals surface area contributed by atoms with Gasteiger partial charge in [0.2, 0.25) is 5.91 Å². The van der Waals surface area contributed by atoms with E-state index in [1.165, 1.54) is 18.5 Å². The van der Waals surface area contributed by atoms with E-state index in [2.05, 4.69) is 9.97 Å². The topological polar surface area (TPSA) is 63.2 Å². The molecule has 1 aromatic heterocycles. The smallest absolute Gasteiger partial charge is 0.234 e. The van der Waals surface area contributed by atoms with Crippen molar-refractivity contribution in [1.82, 2.24) is 9.97 Å². The van der Waals surface area contributed by atoms with Crippen molar-refractivity contribution in [3.05, 3.63) is 42.5 Å². The minimum atomic E-state index is -0.435. The van der Waals surface area contributed by atoms with E-state index in [1.54, 1.807) is 30.0 Å². The Morgan fingerprint density at radius 3 is 2.74 bits per heavy atom. The maximum absolute atomic E-state index is 13.2. The van der Waals surface area contributed by atoms with Gasteiger partial charge >= 0.3 is 0 Å². The maximum Gasteiger partial charge on any atom is 0.234 e. The second-order valence-corrected chi connectivity index (χ2v) is 7.66. The predicted molar refractivity (Wildman–Crippen MR) is 99.5 cm³/mol. The third kappa shape index (κ3) is 3.24. The van der Waals surface area contributed by atoms with Gasteiger partial charge in [0, 0.05) is 24.1 Å². The van der Waals surface area contributed by atoms with Crippen LogP contribution in [0.1, 0.15) is 39.0 Å². The lowest BCUT2D eigenvalue weighted by Gasteiger charge is -2.35. The molecule has 2 fully saturated rings. The zero-order valence-corrected chi connectivity index (χ0v) is 15.3. The Morgan fingerprint density at radius 1 is 1.22 bits per heavy atom. The molecule has 27 heavy (non-hydrogen) atoms. The minimum Gasteiger partial charge on any atom is -0.300 e. The van der Waals surface area contributed by atoms with E-state index in [0.717, 1.165) is 31.2 Å². The van der Waals surface area contributed by atoms with Gasteiger partial charge in [-0.15, -0.1) is 0 Å². The molecule has 0 radical (unpaired) electrons. The number of Topliss-reactive ketones (excluding diaryl/α,β-unsaturated/α-hetero) is 1. The van der Waals surface area contributed by atoms with Crippen LogP contribution in [0.15, 0.2) is 36.7 Å². The molecule has 2 aliphatic rings. The fraction of sp³-hybridized carbons (Fsp3) is 0.429. The lowest BCUT2D eigenvalue weighted by molar-refractivity contribution is -0.130. The highest BCUT2D eigenvalue weighted by atomic mass is 19.1. The van der Waals surface area contributed by atoms with Crippen molar-refractivity contribution in [1.29, 1.82) is 0 Å². The van der Waals surface area contributed by atoms with Gasteiger partial charge in [-0.1, -0.05) is 6.42 Å². The molecule has 6 heteroatoms. The highest BCUT2D eigenvalue weighted by Gasteiger charge is 2.50. The lowest BCUT2D eigenvalue weighted by atomic mass is 9.68. The summed E-state index contributed by atoms with van der Waals surface area (Å²) in [4.78, 5) is 35.4. The standard InChI is InChI=1S/C21H22FN3O2/c1-14(26)16-3-2-8-21(12-16)9-10-25(20(21)27)19-11-18(23-13-24-19)15-4-6-17(22)7-5-15/h4-7,11,13,16H,2-3,8-10,12H2,1H3/t16-,21?/m1/s1. The molecule has 0 N–H and O–H groups in total. The van der Waals surface area contributed by atoms with Crippen molar-refractivity contribution in [3.8, 4) is 11.3 Å². The van der Waals surface area contributed by atoms with Crippen molar-refractivity contribution < 1.29 is 14.0 Å². The van der Waals surface area contributed by atoms with E-state index in [-0.39, 0.29) is 23.4 Å². The number of aromatic nitrogens is 2. The molecule has 1 saturated carbocycles. The molecule has 4 rings (SSSR count). The molecule has 0 bridgehead atoms. The number of ketones is 1. The zero-order valence-electron chi connectivity index (χ0n) is 15.3. The third-order valence-electron chi connectivity index (χ3n) is 6.00. The van der Waals surface area contributed by atoms with Crippen LogP contribution in [0.25, 0.3) is 11.3 Å². The van der Waals surface area contributed by atoms with Gasteiger partial charge in [-0.3, -0.25) is 14.5 Å². The summed E-state index contributed by atoms with van der Waals surface area (Å²) in [5.74, 6) is 0.499. The summed E-state index contributed by atoms with van der Waals surface area (Å²) in [6, 6.07) is 7.87. The van der Waals surface area contributed by atoms with Gasteiger partial charge in [-0.2, -0.15) is 0 Å². The van der Waals surface area contributed by atoms with Crippen molar-refractivity contribution in [2.24, 2.45) is 11.3 Å². The van der Waals surface area contributed by atoms with Gasteiger partial charge < -0.3 is 0 Å². The molecular weight excluding hydrogens is 345 g/mol. The Kier molecular flexibility index (Phi) is 4.50. The largest absolute Gasteiger partial charge is 0.300 e. The molecule has 1 spiro atoms. The zero-order chi connectivity index (χ0) is 19.0. The fourth-order valence-corrected chi connectivity index (χ4v) is 4.44. The molecule has 1 saturated heterocycles. The minimum absolute atomic E-state index is 0.0113. The van der Waals surface area contributed by atoms with Gasteiger partial charge in [0.1, 0.15) is 23.7 Å². The average Bonchev–Trinajstić information content (AvgIpc) is 2.98. The number of anilines is 1. The third-order valence-corrected chi connectivity index (χ3v) is 6.00. The van der Waals surface area contributed by atoms with Gasteiger partial charge in [-0.05, 0) is 56.9 Å². The van der Waals surface area contributed by atoms with E-state index in [0.29, 0.717) is 24.5 Å². The molecule has 2 heterocycles. The summed E-state index contributed by atoms with van der Waals surface area (Å²) in [6.45, 7) is 2.23. The Bertz CT molecular complexity index is 883. The summed E-state index contributed by atoms with van der Waals surface area (Å²) in [5, 5.41) is 0. The average molecular weight is 367 g/mol. The number of rotatable bonds is 3. The van der Waals surface area contributed by atoms with Crippen LogP contribution in [-0.4, -0.2) is 28.2 Å². The molecule has 1 aliphatic carbocycles. The first-order chi connectivity index (χ1) is 13.0. The highest BCUT2D eigenvalue weighted by Crippen LogP contribution is 2.48. The number of amides is 1. The van der Waals surface area contributed by atoms with Crippen LogP contribution in [0, 0.1) is 17.2 Å². The first-order valence-corrected chi connectivity index (χ1v) is 9.39. The molecule has 2 atom stereocenters. The summed E-state index contributed by atoms with van der Waals surface area (Å²) in [5.41, 5.74) is 0.991. The van der Waals surface area contributed by atoms with E-state index < -0.39 is 5.41 Å². The Hall–Kier alpha value is -2.63. The van der Waals surface area contributed by atoms with E-state index in [1.807, 2.05) is 0 Å². The van der Waals surface area contributed by atoms with Crippen LogP contribution in [0.5, 0.6) is 0 Å². The van der Waals surface area contributed by atoms with Crippen LogP contribution in [0.4, 0.5) is 10.2 Å². The van der Waals surface area contributed by atoms with Gasteiger partial charge in [-0.25, -0.2) is 14.4 Å². The molecule has 1 aliphatic heterocycles. The molecule has 2 aromatic rings. The number of carbonyl (C=O) groups is 2. The fourth-order valence-electron chi connectivity index (χ4n) is 4.44. The number of carbonyl (C=O) groups excluding carboxylic acids is 2. The maximum atomic E-state index is 13.2. The first-order valence-electron chi connectivity index (χ1n) is 9.39. The molecule has 1 aromatic carbocycles. The van der Waals surface area contributed by atoms with Crippen molar-refractivity contribution >= 4 is 17.5 Å². The second-order valence-electron chi connectivity index (χ2n) is 7.66. The summed E-state index contributed by atoms with van der Waals surface area (Å²) < 4.78 is 13.2. The van der Waals surface area contributed by atoms with Gasteiger partial charge in [0.05, 0.1) is 11.1 Å². The number of hydrogen-bond donors (Lipinski definition) is 0. The Balaban J connectivity index is 1.60. The molecule has 1 amide bonds. The van der Waals surface area contributed by atoms with Gasteiger partial charge in [0.15, 0.2) is 0 Å². The van der Waals surface area contributed by atoms with Crippen LogP contribution < -0.4 is 4.90 Å². The van der Waals surface area contributed by atoms with Crippen molar-refractivity contribution in [2.45, 2.75) is 39.0 Å². The van der Waals surface area contributed by atoms with Crippen LogP contribution in [0.2, 0.25) is 0 Å². The van der Waals surface area contributed by atoms with E-state index >= 15 is 0 Å². The number of halogens is 1. The quantitative estimate of drug-likeness (QED) is 0.828. The molecule has 140 valence electrons. The number of hydrogen-bond acceptors (Lipinski definition) is 4. The Morgan fingerprint density at radius 2 is 2.00 bits per heavy atom. The number of benzene rings is 1. The van der Waals surface area contributed by atoms with Crippen LogP contribution >= 0.6 is 0 Å². The Labute approximate surface area is 157 Å². The molecule has 5 nitrogen and oxygen atoms in total. The lowest BCUT2D eigenvalue weighted by Crippen LogP contribution is -2.39. The SMILES string of the molecule is CC(=O)[C@@H]1CCCC2(CCN(c3cc(-c4ccc(F)cc4)ncn3)C2=O)C1. The van der Waals surface area contributed by atoms with Crippen molar-refractivity contribution in [2.75, 3.05) is 11.4 Å². The van der Waals surface area contributed by atoms with Gasteiger partial charge in [0.25, 0.3) is 0 Å². The number of nitrogens with zero attached hydrogens (tertiary/aromatic N) is 3. The van der Waals surface area contributed by atoms with E-state index in [9.17, 15) is 14.0 Å². The molecule has 1 unspecified atom stereocenters. The highest BCUT2D eigenvalue weighted by molar-refractivity contribution is 6.00. The van der Waals surface area contributed by atoms with Crippen molar-refractivity contribution in [3.63, 3.8) is 0 Å². The van der Waals surface area contributed by atoms with Crippen LogP contribution in [-0.2, 0) is 9.59 Å². The first kappa shape index (κ1) is 17.8.